The van der Waals surface area contributed by atoms with Crippen molar-refractivity contribution < 1.29 is 6.22 Å². The number of hydrogen-bond donors (Lipinski definition) is 1. The van der Waals surface area contributed by atoms with Crippen LogP contribution in [0.5, 0.6) is 0 Å². The molecular weight excluding hydrogens is 212 g/mol. The van der Waals surface area contributed by atoms with Crippen LogP contribution in [0.2, 0.25) is 0 Å². The van der Waals surface area contributed by atoms with E-state index in [1.807, 2.05) is 37.3 Å². The molecule has 1 saturated carbocycles. The van der Waals surface area contributed by atoms with Crippen LogP contribution in [0.4, 0.5) is 5.69 Å². The maximum Gasteiger partial charge on any atom is 0.252 e. The Morgan fingerprint density at radius 1 is 1.41 bits per heavy atom. The van der Waals surface area contributed by atoms with Gasteiger partial charge in [0.1, 0.15) is 0 Å². The lowest BCUT2D eigenvalue weighted by Gasteiger charge is -2.09. The van der Waals surface area contributed by atoms with Crippen LogP contribution in [0.25, 0.3) is 0 Å². The van der Waals surface area contributed by atoms with Crippen LogP contribution in [0.15, 0.2) is 40.9 Å². The largest absolute Gasteiger partial charge is 0.322 e. The molecule has 2 aliphatic rings. The normalized spacial score (nSPS) is 24.9. The monoisotopic (exact) mass is 228 g/mol. The van der Waals surface area contributed by atoms with Gasteiger partial charge in [0.2, 0.25) is 0 Å². The number of rotatable bonds is 2. The molecule has 1 aliphatic heterocycles. The Balaban J connectivity index is 0.00000120. The zero-order chi connectivity index (χ0) is 11.8. The number of amides is 1. The number of allylic oxidation sites excluding steroid dienone is 1. The molecule has 88 valence electrons. The van der Waals surface area contributed by atoms with Gasteiger partial charge in [0.25, 0.3) is 5.91 Å². The van der Waals surface area contributed by atoms with Crippen LogP contribution in [0.3, 0.4) is 0 Å². The highest BCUT2D eigenvalue weighted by Crippen LogP contribution is 2.42. The number of benzene rings is 1. The highest BCUT2D eigenvalue weighted by Gasteiger charge is 2.43. The first kappa shape index (κ1) is 10.3. The molecule has 3 nitrogen and oxygen atoms in total. The summed E-state index contributed by atoms with van der Waals surface area (Å²) in [6.07, 6.45) is 4.60. The number of carbonyl (C=O) groups excluding carboxylic acids is 1. The van der Waals surface area contributed by atoms with Crippen LogP contribution in [0, 0.1) is 12.8 Å². The lowest BCUT2D eigenvalue weighted by Crippen LogP contribution is -2.18. The van der Waals surface area contributed by atoms with Crippen molar-refractivity contribution >= 4 is 17.8 Å². The topological polar surface area (TPSA) is 41.5 Å². The van der Waals surface area contributed by atoms with Crippen molar-refractivity contribution in [3.8, 4) is 0 Å². The summed E-state index contributed by atoms with van der Waals surface area (Å²) in [4.78, 5) is 16.3. The summed E-state index contributed by atoms with van der Waals surface area (Å²) in [7, 11) is 0. The summed E-state index contributed by atoms with van der Waals surface area (Å²) >= 11 is 0. The lowest BCUT2D eigenvalue weighted by molar-refractivity contribution is -0.113. The smallest absolute Gasteiger partial charge is 0.252 e. The van der Waals surface area contributed by atoms with Gasteiger partial charge in [-0.2, -0.15) is 0 Å². The standard InChI is InChI=1S/C14H14N2O.H2/c1-9-2-4-10(5-3-9)16-14(17)11-6-7-15-13-8-12(11)13;/h2-7,12-13H,8H2,1H3,(H,16,17);1H. The summed E-state index contributed by atoms with van der Waals surface area (Å²) in [6, 6.07) is 8.20. The maximum atomic E-state index is 12.0. The van der Waals surface area contributed by atoms with Gasteiger partial charge in [-0.05, 0) is 31.6 Å². The van der Waals surface area contributed by atoms with Crippen molar-refractivity contribution in [1.82, 2.24) is 0 Å². The van der Waals surface area contributed by atoms with Crippen molar-refractivity contribution in [3.63, 3.8) is 0 Å². The van der Waals surface area contributed by atoms with E-state index < -0.39 is 0 Å². The number of dihydropyridines is 1. The number of fused-ring (bicyclic) bond motifs is 1. The Morgan fingerprint density at radius 2 is 2.18 bits per heavy atom. The zero-order valence-corrected chi connectivity index (χ0v) is 9.68. The first-order chi connectivity index (χ1) is 8.24. The molecule has 0 saturated heterocycles. The van der Waals surface area contributed by atoms with Gasteiger partial charge in [0.15, 0.2) is 0 Å². The van der Waals surface area contributed by atoms with Crippen molar-refractivity contribution in [2.45, 2.75) is 19.4 Å². The van der Waals surface area contributed by atoms with E-state index in [0.29, 0.717) is 12.0 Å². The molecule has 1 aromatic rings. The van der Waals surface area contributed by atoms with Crippen LogP contribution in [-0.2, 0) is 4.79 Å². The van der Waals surface area contributed by atoms with Gasteiger partial charge in [-0.3, -0.25) is 9.79 Å². The van der Waals surface area contributed by atoms with Crippen LogP contribution in [-0.4, -0.2) is 18.2 Å². The van der Waals surface area contributed by atoms with Crippen LogP contribution in [0.1, 0.15) is 13.4 Å². The van der Waals surface area contributed by atoms with E-state index in [0.717, 1.165) is 17.7 Å². The minimum atomic E-state index is 0. The molecule has 0 radical (unpaired) electrons. The highest BCUT2D eigenvalue weighted by atomic mass is 16.1. The van der Waals surface area contributed by atoms with E-state index in [1.54, 1.807) is 6.21 Å². The van der Waals surface area contributed by atoms with Gasteiger partial charge in [-0.15, -0.1) is 0 Å². The van der Waals surface area contributed by atoms with Gasteiger partial charge >= 0.3 is 0 Å². The molecule has 2 unspecified atom stereocenters. The molecule has 1 fully saturated rings. The molecule has 0 aromatic heterocycles. The van der Waals surface area contributed by atoms with E-state index >= 15 is 0 Å². The second kappa shape index (κ2) is 3.84. The van der Waals surface area contributed by atoms with Crippen molar-refractivity contribution in [2.24, 2.45) is 10.9 Å². The minimum absolute atomic E-state index is 0. The second-order valence-corrected chi connectivity index (χ2v) is 4.65. The summed E-state index contributed by atoms with van der Waals surface area (Å²) in [6.45, 7) is 2.03. The third-order valence-corrected chi connectivity index (χ3v) is 3.26. The average Bonchev–Trinajstić information content (AvgIpc) is 3.10. The van der Waals surface area contributed by atoms with Gasteiger partial charge in [0, 0.05) is 24.8 Å². The lowest BCUT2D eigenvalue weighted by atomic mass is 10.1. The Labute approximate surface area is 102 Å². The van der Waals surface area contributed by atoms with E-state index in [1.165, 1.54) is 5.56 Å². The van der Waals surface area contributed by atoms with Gasteiger partial charge in [-0.25, -0.2) is 0 Å². The Bertz CT molecular complexity index is 519. The Hall–Kier alpha value is -1.90. The Kier molecular flexibility index (Phi) is 2.32. The highest BCUT2D eigenvalue weighted by molar-refractivity contribution is 6.07. The third-order valence-electron chi connectivity index (χ3n) is 3.26. The molecule has 1 heterocycles. The number of aliphatic imine (C=N–C) groups is 1. The molecule has 3 heteroatoms. The van der Waals surface area contributed by atoms with Crippen molar-refractivity contribution in [3.05, 3.63) is 41.5 Å². The average molecular weight is 228 g/mol. The summed E-state index contributed by atoms with van der Waals surface area (Å²) in [5.74, 6) is 0.359. The van der Waals surface area contributed by atoms with E-state index in [4.69, 9.17) is 0 Å². The number of aryl methyl sites for hydroxylation is 1. The number of nitrogens with zero attached hydrogens (tertiary/aromatic N) is 1. The second-order valence-electron chi connectivity index (χ2n) is 4.65. The molecule has 3 rings (SSSR count). The van der Waals surface area contributed by atoms with Crippen LogP contribution < -0.4 is 5.32 Å². The quantitative estimate of drug-likeness (QED) is 0.830. The summed E-state index contributed by atoms with van der Waals surface area (Å²) < 4.78 is 0. The minimum Gasteiger partial charge on any atom is -0.322 e. The van der Waals surface area contributed by atoms with Crippen molar-refractivity contribution in [1.29, 1.82) is 0 Å². The molecule has 1 aliphatic carbocycles. The number of carbonyl (C=O) groups is 1. The first-order valence-corrected chi connectivity index (χ1v) is 5.85. The number of hydrogen-bond acceptors (Lipinski definition) is 2. The molecule has 2 atom stereocenters. The first-order valence-electron chi connectivity index (χ1n) is 5.85. The molecule has 1 amide bonds. The van der Waals surface area contributed by atoms with E-state index in [-0.39, 0.29) is 7.33 Å². The fraction of sp³-hybridized carbons (Fsp3) is 0.286. The SMILES string of the molecule is Cc1ccc(NC(=O)C2=CC=NC3CC23)cc1.[HH]. The molecular formula is C14H16N2O. The third kappa shape index (κ3) is 2.00. The fourth-order valence-corrected chi connectivity index (χ4v) is 2.12. The van der Waals surface area contributed by atoms with E-state index in [2.05, 4.69) is 10.3 Å². The summed E-state index contributed by atoms with van der Waals surface area (Å²) in [5, 5.41) is 2.93. The number of nitrogens with one attached hydrogen (secondary N) is 1. The molecule has 17 heavy (non-hydrogen) atoms. The van der Waals surface area contributed by atoms with Gasteiger partial charge < -0.3 is 5.32 Å². The fourth-order valence-electron chi connectivity index (χ4n) is 2.12. The predicted molar refractivity (Wildman–Crippen MR) is 70.4 cm³/mol. The zero-order valence-electron chi connectivity index (χ0n) is 9.68. The molecule has 0 bridgehead atoms. The van der Waals surface area contributed by atoms with Crippen LogP contribution >= 0.6 is 0 Å². The summed E-state index contributed by atoms with van der Waals surface area (Å²) in [5.41, 5.74) is 2.90. The van der Waals surface area contributed by atoms with E-state index in [9.17, 15) is 4.79 Å². The predicted octanol–water partition coefficient (Wildman–Crippen LogP) is 2.58. The van der Waals surface area contributed by atoms with Gasteiger partial charge in [-0.1, -0.05) is 17.7 Å². The molecule has 1 N–H and O–H groups in total. The molecule has 0 spiro atoms. The molecule has 1 aromatic carbocycles. The number of anilines is 1. The van der Waals surface area contributed by atoms with Gasteiger partial charge in [0.05, 0.1) is 6.04 Å². The Morgan fingerprint density at radius 3 is 2.94 bits per heavy atom. The maximum absolute atomic E-state index is 12.0. The van der Waals surface area contributed by atoms with Crippen molar-refractivity contribution in [2.75, 3.05) is 5.32 Å².